The smallest absolute Gasteiger partial charge is 0.234 e. The normalized spacial score (nSPS) is 21.4. The predicted molar refractivity (Wildman–Crippen MR) is 81.7 cm³/mol. The monoisotopic (exact) mass is 301 g/mol. The standard InChI is InChI=1S/C18H17F2NO/c1-2-12-11-21(16-8-4-7-15(20)10-16)18(22)17(12)13-5-3-6-14(19)9-13/h3-10,12,17H,2,11H2,1H3/t12-,17-/m1/s1. The highest BCUT2D eigenvalue weighted by atomic mass is 19.1. The first-order valence-corrected chi connectivity index (χ1v) is 7.42. The molecule has 0 unspecified atom stereocenters. The van der Waals surface area contributed by atoms with Gasteiger partial charge in [0.15, 0.2) is 0 Å². The molecule has 1 saturated heterocycles. The maximum absolute atomic E-state index is 13.5. The number of benzene rings is 2. The Labute approximate surface area is 128 Å². The van der Waals surface area contributed by atoms with E-state index in [-0.39, 0.29) is 29.4 Å². The Balaban J connectivity index is 1.96. The molecule has 1 aliphatic rings. The van der Waals surface area contributed by atoms with Crippen LogP contribution in [0.25, 0.3) is 0 Å². The van der Waals surface area contributed by atoms with Crippen molar-refractivity contribution in [3.8, 4) is 0 Å². The van der Waals surface area contributed by atoms with E-state index < -0.39 is 0 Å². The molecule has 1 fully saturated rings. The number of rotatable bonds is 3. The van der Waals surface area contributed by atoms with Crippen molar-refractivity contribution in [2.24, 2.45) is 5.92 Å². The molecule has 1 aliphatic heterocycles. The molecule has 0 spiro atoms. The Kier molecular flexibility index (Phi) is 3.92. The highest BCUT2D eigenvalue weighted by molar-refractivity contribution is 6.00. The molecule has 2 atom stereocenters. The van der Waals surface area contributed by atoms with E-state index in [0.717, 1.165) is 6.42 Å². The molecular weight excluding hydrogens is 284 g/mol. The molecule has 0 radical (unpaired) electrons. The minimum atomic E-state index is -0.371. The summed E-state index contributed by atoms with van der Waals surface area (Å²) < 4.78 is 26.9. The number of halogens is 2. The van der Waals surface area contributed by atoms with Gasteiger partial charge in [0.2, 0.25) is 5.91 Å². The van der Waals surface area contributed by atoms with Crippen LogP contribution >= 0.6 is 0 Å². The van der Waals surface area contributed by atoms with Gasteiger partial charge in [-0.2, -0.15) is 0 Å². The van der Waals surface area contributed by atoms with Gasteiger partial charge in [-0.3, -0.25) is 4.79 Å². The Morgan fingerprint density at radius 1 is 1.09 bits per heavy atom. The van der Waals surface area contributed by atoms with E-state index in [4.69, 9.17) is 0 Å². The van der Waals surface area contributed by atoms with Crippen molar-refractivity contribution in [3.63, 3.8) is 0 Å². The lowest BCUT2D eigenvalue weighted by molar-refractivity contribution is -0.118. The number of nitrogens with zero attached hydrogens (tertiary/aromatic N) is 1. The molecule has 0 aromatic heterocycles. The molecule has 114 valence electrons. The second kappa shape index (κ2) is 5.87. The van der Waals surface area contributed by atoms with Crippen LogP contribution in [0.3, 0.4) is 0 Å². The molecule has 1 amide bonds. The summed E-state index contributed by atoms with van der Waals surface area (Å²) >= 11 is 0. The fourth-order valence-corrected chi connectivity index (χ4v) is 3.16. The van der Waals surface area contributed by atoms with Crippen molar-refractivity contribution in [1.29, 1.82) is 0 Å². The van der Waals surface area contributed by atoms with Gasteiger partial charge in [0.05, 0.1) is 5.92 Å². The Bertz CT molecular complexity index is 701. The number of anilines is 1. The van der Waals surface area contributed by atoms with E-state index in [2.05, 4.69) is 0 Å². The van der Waals surface area contributed by atoms with E-state index in [1.165, 1.54) is 24.3 Å². The van der Waals surface area contributed by atoms with Gasteiger partial charge in [0.25, 0.3) is 0 Å². The van der Waals surface area contributed by atoms with Gasteiger partial charge in [-0.05, 0) is 41.8 Å². The van der Waals surface area contributed by atoms with Crippen LogP contribution in [0, 0.1) is 17.6 Å². The van der Waals surface area contributed by atoms with Crippen molar-refractivity contribution >= 4 is 11.6 Å². The maximum atomic E-state index is 13.5. The van der Waals surface area contributed by atoms with Gasteiger partial charge in [0.1, 0.15) is 11.6 Å². The van der Waals surface area contributed by atoms with E-state index >= 15 is 0 Å². The van der Waals surface area contributed by atoms with Crippen LogP contribution in [0.15, 0.2) is 48.5 Å². The highest BCUT2D eigenvalue weighted by Gasteiger charge is 2.41. The Morgan fingerprint density at radius 3 is 2.41 bits per heavy atom. The van der Waals surface area contributed by atoms with Gasteiger partial charge >= 0.3 is 0 Å². The third-order valence-electron chi connectivity index (χ3n) is 4.27. The largest absolute Gasteiger partial charge is 0.311 e. The fraction of sp³-hybridized carbons (Fsp3) is 0.278. The Morgan fingerprint density at radius 2 is 1.77 bits per heavy atom. The van der Waals surface area contributed by atoms with Gasteiger partial charge < -0.3 is 4.90 Å². The number of hydrogen-bond acceptors (Lipinski definition) is 1. The van der Waals surface area contributed by atoms with Crippen LogP contribution < -0.4 is 4.90 Å². The average molecular weight is 301 g/mol. The quantitative estimate of drug-likeness (QED) is 0.835. The summed E-state index contributed by atoms with van der Waals surface area (Å²) in [4.78, 5) is 14.4. The van der Waals surface area contributed by atoms with Crippen molar-refractivity contribution < 1.29 is 13.6 Å². The van der Waals surface area contributed by atoms with Crippen molar-refractivity contribution in [1.82, 2.24) is 0 Å². The van der Waals surface area contributed by atoms with Gasteiger partial charge in [-0.15, -0.1) is 0 Å². The zero-order chi connectivity index (χ0) is 15.7. The summed E-state index contributed by atoms with van der Waals surface area (Å²) in [6, 6.07) is 12.2. The van der Waals surface area contributed by atoms with Crippen LogP contribution in [0.4, 0.5) is 14.5 Å². The first-order valence-electron chi connectivity index (χ1n) is 7.42. The molecular formula is C18H17F2NO. The topological polar surface area (TPSA) is 20.3 Å². The van der Waals surface area contributed by atoms with E-state index in [1.807, 2.05) is 6.92 Å². The first kappa shape index (κ1) is 14.7. The maximum Gasteiger partial charge on any atom is 0.234 e. The number of carbonyl (C=O) groups is 1. The molecule has 0 saturated carbocycles. The molecule has 0 bridgehead atoms. The minimum Gasteiger partial charge on any atom is -0.311 e. The lowest BCUT2D eigenvalue weighted by Crippen LogP contribution is -2.26. The summed E-state index contributed by atoms with van der Waals surface area (Å²) in [5, 5.41) is 0. The molecule has 22 heavy (non-hydrogen) atoms. The molecule has 3 rings (SSSR count). The predicted octanol–water partition coefficient (Wildman–Crippen LogP) is 4.12. The minimum absolute atomic E-state index is 0.0944. The Hall–Kier alpha value is -2.23. The molecule has 4 heteroatoms. The van der Waals surface area contributed by atoms with Crippen molar-refractivity contribution in [2.75, 3.05) is 11.4 Å². The molecule has 2 aromatic carbocycles. The molecule has 2 nitrogen and oxygen atoms in total. The second-order valence-electron chi connectivity index (χ2n) is 5.63. The lowest BCUT2D eigenvalue weighted by Gasteiger charge is -2.17. The van der Waals surface area contributed by atoms with E-state index in [9.17, 15) is 13.6 Å². The summed E-state index contributed by atoms with van der Waals surface area (Å²) in [6.07, 6.45) is 0.804. The number of hydrogen-bond donors (Lipinski definition) is 0. The summed E-state index contributed by atoms with van der Waals surface area (Å²) in [6.45, 7) is 2.54. The third kappa shape index (κ3) is 2.61. The third-order valence-corrected chi connectivity index (χ3v) is 4.27. The highest BCUT2D eigenvalue weighted by Crippen LogP contribution is 2.38. The average Bonchev–Trinajstić information content (AvgIpc) is 2.84. The van der Waals surface area contributed by atoms with Crippen LogP contribution in [-0.4, -0.2) is 12.5 Å². The zero-order valence-corrected chi connectivity index (χ0v) is 12.3. The summed E-state index contributed by atoms with van der Waals surface area (Å²) in [5.74, 6) is -1.08. The summed E-state index contributed by atoms with van der Waals surface area (Å²) in [7, 11) is 0. The molecule has 0 N–H and O–H groups in total. The van der Waals surface area contributed by atoms with E-state index in [1.54, 1.807) is 29.2 Å². The van der Waals surface area contributed by atoms with Crippen LogP contribution in [-0.2, 0) is 4.79 Å². The zero-order valence-electron chi connectivity index (χ0n) is 12.3. The van der Waals surface area contributed by atoms with E-state index in [0.29, 0.717) is 17.8 Å². The summed E-state index contributed by atoms with van der Waals surface area (Å²) in [5.41, 5.74) is 1.25. The van der Waals surface area contributed by atoms with Crippen molar-refractivity contribution in [2.45, 2.75) is 19.3 Å². The molecule has 0 aliphatic carbocycles. The first-order chi connectivity index (χ1) is 10.6. The van der Waals surface area contributed by atoms with Crippen LogP contribution in [0.1, 0.15) is 24.8 Å². The fourth-order valence-electron chi connectivity index (χ4n) is 3.16. The number of amides is 1. The van der Waals surface area contributed by atoms with Gasteiger partial charge in [0, 0.05) is 12.2 Å². The molecule has 2 aromatic rings. The van der Waals surface area contributed by atoms with Gasteiger partial charge in [-0.25, -0.2) is 8.78 Å². The second-order valence-corrected chi connectivity index (χ2v) is 5.63. The van der Waals surface area contributed by atoms with Crippen LogP contribution in [0.2, 0.25) is 0 Å². The van der Waals surface area contributed by atoms with Gasteiger partial charge in [-0.1, -0.05) is 31.5 Å². The molecule has 1 heterocycles. The number of carbonyl (C=O) groups excluding carboxylic acids is 1. The SMILES string of the molecule is CC[C@@H]1CN(c2cccc(F)c2)C(=O)[C@H]1c1cccc(F)c1. The lowest BCUT2D eigenvalue weighted by atomic mass is 9.87. The van der Waals surface area contributed by atoms with Crippen molar-refractivity contribution in [3.05, 3.63) is 65.7 Å². The van der Waals surface area contributed by atoms with Crippen LogP contribution in [0.5, 0.6) is 0 Å².